The molecule has 3 rings (SSSR count). The molecule has 0 amide bonds. The average molecular weight is 571 g/mol. The Kier molecular flexibility index (Phi) is 9.99. The number of ether oxygens (including phenoxy) is 2. The summed E-state index contributed by atoms with van der Waals surface area (Å²) in [6, 6.07) is 8.28. The zero-order valence-electron chi connectivity index (χ0n) is 21.6. The van der Waals surface area contributed by atoms with Crippen LogP contribution in [-0.4, -0.2) is 35.9 Å². The smallest absolute Gasteiger partial charge is 0.400 e. The highest BCUT2D eigenvalue weighted by molar-refractivity contribution is 5.92. The highest BCUT2D eigenvalue weighted by Crippen LogP contribution is 2.42. The predicted octanol–water partition coefficient (Wildman–Crippen LogP) is 6.47. The fraction of sp³-hybridized carbons (Fsp3) is 0.429. The van der Waals surface area contributed by atoms with E-state index in [4.69, 9.17) is 20.9 Å². The average Bonchev–Trinajstić information content (AvgIpc) is 2.87. The van der Waals surface area contributed by atoms with Gasteiger partial charge < -0.3 is 26.0 Å². The molecule has 218 valence electrons. The van der Waals surface area contributed by atoms with Crippen molar-refractivity contribution in [3.8, 4) is 5.75 Å². The molecule has 1 aliphatic carbocycles. The number of rotatable bonds is 11. The van der Waals surface area contributed by atoms with Crippen LogP contribution in [-0.2, 0) is 16.0 Å². The fourth-order valence-corrected chi connectivity index (χ4v) is 4.70. The number of halogens is 5. The SMILES string of the molecule is Nc1cc(N)c(CCOC(=O)C=Cc2ccc(OC(F)(F)C3CCC(CCC(F)(F)F)CC3)cc2)c(C(=O)O)c1. The van der Waals surface area contributed by atoms with Gasteiger partial charge in [-0.2, -0.15) is 22.0 Å². The van der Waals surface area contributed by atoms with Crippen LogP contribution >= 0.6 is 0 Å². The number of carboxylic acids is 1. The van der Waals surface area contributed by atoms with Gasteiger partial charge >= 0.3 is 24.2 Å². The standard InChI is InChI=1S/C28H31F5N2O5/c29-27(30,31)13-11-18-1-6-19(7-2-18)28(32,33)40-21-8-3-17(4-9-21)5-10-25(36)39-14-12-22-23(26(37)38)15-20(34)16-24(22)35/h3-5,8-10,15-16,18-19H,1-2,6-7,11-14,34-35H2,(H,37,38). The Morgan fingerprint density at radius 1 is 1.00 bits per heavy atom. The summed E-state index contributed by atoms with van der Waals surface area (Å²) in [5.74, 6) is -3.30. The molecule has 2 aromatic rings. The summed E-state index contributed by atoms with van der Waals surface area (Å²) in [6.07, 6.45) is -5.30. The van der Waals surface area contributed by atoms with Crippen molar-refractivity contribution in [3.63, 3.8) is 0 Å². The Labute approximate surface area is 227 Å². The summed E-state index contributed by atoms with van der Waals surface area (Å²) in [5, 5.41) is 9.32. The number of hydrogen-bond donors (Lipinski definition) is 3. The maximum absolute atomic E-state index is 14.7. The summed E-state index contributed by atoms with van der Waals surface area (Å²) >= 11 is 0. The summed E-state index contributed by atoms with van der Waals surface area (Å²) < 4.78 is 76.6. The van der Waals surface area contributed by atoms with E-state index >= 15 is 0 Å². The van der Waals surface area contributed by atoms with E-state index in [9.17, 15) is 36.6 Å². The molecule has 1 saturated carbocycles. The zero-order chi connectivity index (χ0) is 29.5. The molecule has 1 aliphatic rings. The van der Waals surface area contributed by atoms with Crippen molar-refractivity contribution in [3.05, 3.63) is 59.2 Å². The van der Waals surface area contributed by atoms with Crippen LogP contribution in [0, 0.1) is 11.8 Å². The number of carbonyl (C=O) groups is 2. The van der Waals surface area contributed by atoms with Crippen LogP contribution in [0.3, 0.4) is 0 Å². The number of nitrogen functional groups attached to an aromatic ring is 2. The van der Waals surface area contributed by atoms with E-state index in [1.54, 1.807) is 0 Å². The van der Waals surface area contributed by atoms with E-state index in [2.05, 4.69) is 0 Å². The normalized spacial score (nSPS) is 18.0. The van der Waals surface area contributed by atoms with E-state index in [1.807, 2.05) is 0 Å². The van der Waals surface area contributed by atoms with E-state index < -0.39 is 36.6 Å². The minimum absolute atomic E-state index is 0.0476. The largest absolute Gasteiger partial charge is 0.478 e. The van der Waals surface area contributed by atoms with Gasteiger partial charge in [-0.1, -0.05) is 12.1 Å². The monoisotopic (exact) mass is 570 g/mol. The molecule has 7 nitrogen and oxygen atoms in total. The summed E-state index contributed by atoms with van der Waals surface area (Å²) in [4.78, 5) is 23.5. The lowest BCUT2D eigenvalue weighted by Crippen LogP contribution is -2.37. The first kappa shape index (κ1) is 30.7. The molecule has 0 aromatic heterocycles. The highest BCUT2D eigenvalue weighted by atomic mass is 19.4. The first-order valence-corrected chi connectivity index (χ1v) is 12.7. The lowest BCUT2D eigenvalue weighted by atomic mass is 9.79. The molecule has 2 aromatic carbocycles. The minimum atomic E-state index is -4.24. The van der Waals surface area contributed by atoms with Crippen LogP contribution < -0.4 is 16.2 Å². The summed E-state index contributed by atoms with van der Waals surface area (Å²) in [7, 11) is 0. The molecule has 12 heteroatoms. The molecule has 0 radical (unpaired) electrons. The lowest BCUT2D eigenvalue weighted by Gasteiger charge is -2.33. The maximum atomic E-state index is 14.7. The number of carbonyl (C=O) groups excluding carboxylic acids is 1. The first-order chi connectivity index (χ1) is 18.7. The molecule has 0 aliphatic heterocycles. The second kappa shape index (κ2) is 13.0. The van der Waals surface area contributed by atoms with E-state index in [1.165, 1.54) is 42.5 Å². The van der Waals surface area contributed by atoms with Gasteiger partial charge in [0.2, 0.25) is 0 Å². The van der Waals surface area contributed by atoms with Gasteiger partial charge in [-0.05, 0) is 79.5 Å². The number of benzene rings is 2. The van der Waals surface area contributed by atoms with E-state index in [-0.39, 0.29) is 60.9 Å². The Balaban J connectivity index is 1.46. The van der Waals surface area contributed by atoms with Crippen molar-refractivity contribution in [2.75, 3.05) is 18.1 Å². The van der Waals surface area contributed by atoms with Crippen molar-refractivity contribution in [1.29, 1.82) is 0 Å². The highest BCUT2D eigenvalue weighted by Gasteiger charge is 2.44. The van der Waals surface area contributed by atoms with E-state index in [0.717, 1.165) is 6.08 Å². The summed E-state index contributed by atoms with van der Waals surface area (Å²) in [5.41, 5.74) is 12.6. The van der Waals surface area contributed by atoms with Crippen LogP contribution in [0.4, 0.5) is 33.3 Å². The number of anilines is 2. The number of aromatic carboxylic acids is 1. The third kappa shape index (κ3) is 9.13. The Bertz CT molecular complexity index is 1210. The fourth-order valence-electron chi connectivity index (χ4n) is 4.70. The third-order valence-corrected chi connectivity index (χ3v) is 6.84. The van der Waals surface area contributed by atoms with Crippen molar-refractivity contribution in [1.82, 2.24) is 0 Å². The van der Waals surface area contributed by atoms with Gasteiger partial charge in [-0.25, -0.2) is 9.59 Å². The number of carboxylic acid groups (broad SMARTS) is 1. The van der Waals surface area contributed by atoms with Gasteiger partial charge in [0.25, 0.3) is 0 Å². The summed E-state index contributed by atoms with van der Waals surface area (Å²) in [6.45, 7) is -0.135. The van der Waals surface area contributed by atoms with Gasteiger partial charge in [0.15, 0.2) is 0 Å². The number of esters is 1. The number of nitrogens with two attached hydrogens (primary N) is 2. The molecule has 0 heterocycles. The van der Waals surface area contributed by atoms with Crippen molar-refractivity contribution in [2.45, 2.75) is 57.2 Å². The van der Waals surface area contributed by atoms with E-state index in [0.29, 0.717) is 24.0 Å². The Morgan fingerprint density at radius 2 is 1.65 bits per heavy atom. The van der Waals surface area contributed by atoms with Crippen molar-refractivity contribution >= 4 is 29.4 Å². The Morgan fingerprint density at radius 3 is 2.25 bits per heavy atom. The van der Waals surface area contributed by atoms with Crippen LogP contribution in [0.15, 0.2) is 42.5 Å². The molecule has 0 unspecified atom stereocenters. The lowest BCUT2D eigenvalue weighted by molar-refractivity contribution is -0.224. The van der Waals surface area contributed by atoms with Crippen LogP contribution in [0.5, 0.6) is 5.75 Å². The van der Waals surface area contributed by atoms with Crippen LogP contribution in [0.2, 0.25) is 0 Å². The molecule has 0 spiro atoms. The number of hydrogen-bond acceptors (Lipinski definition) is 6. The molecule has 5 N–H and O–H groups in total. The van der Waals surface area contributed by atoms with Crippen LogP contribution in [0.1, 0.15) is 60.0 Å². The van der Waals surface area contributed by atoms with Gasteiger partial charge in [-0.15, -0.1) is 0 Å². The molecule has 40 heavy (non-hydrogen) atoms. The second-order valence-electron chi connectivity index (χ2n) is 9.80. The van der Waals surface area contributed by atoms with Gasteiger partial charge in [-0.3, -0.25) is 0 Å². The number of alkyl halides is 5. The van der Waals surface area contributed by atoms with Gasteiger partial charge in [0.05, 0.1) is 18.1 Å². The second-order valence-corrected chi connectivity index (χ2v) is 9.80. The quantitative estimate of drug-likeness (QED) is 0.122. The van der Waals surface area contributed by atoms with Gasteiger partial charge in [0.1, 0.15) is 5.75 Å². The molecular formula is C28H31F5N2O5. The topological polar surface area (TPSA) is 125 Å². The molecule has 0 bridgehead atoms. The van der Waals surface area contributed by atoms with Crippen LogP contribution in [0.25, 0.3) is 6.08 Å². The maximum Gasteiger partial charge on any atom is 0.400 e. The third-order valence-electron chi connectivity index (χ3n) is 6.84. The Hall–Kier alpha value is -3.83. The molecule has 1 fully saturated rings. The molecule has 0 saturated heterocycles. The molecule has 0 atom stereocenters. The molecular weight excluding hydrogens is 539 g/mol. The first-order valence-electron chi connectivity index (χ1n) is 12.7. The van der Waals surface area contributed by atoms with Crippen molar-refractivity contribution in [2.24, 2.45) is 11.8 Å². The minimum Gasteiger partial charge on any atom is -0.478 e. The predicted molar refractivity (Wildman–Crippen MR) is 139 cm³/mol. The van der Waals surface area contributed by atoms with Crippen molar-refractivity contribution < 1.29 is 46.1 Å². The zero-order valence-corrected chi connectivity index (χ0v) is 21.6. The van der Waals surface area contributed by atoms with Gasteiger partial charge in [0, 0.05) is 30.3 Å².